The monoisotopic (exact) mass is 279 g/mol. The largest absolute Gasteiger partial charge is 0.479 e. The zero-order valence-electron chi connectivity index (χ0n) is 8.78. The van der Waals surface area contributed by atoms with E-state index in [9.17, 15) is 18.4 Å². The van der Waals surface area contributed by atoms with Crippen LogP contribution in [0.2, 0.25) is 5.02 Å². The van der Waals surface area contributed by atoms with E-state index in [0.29, 0.717) is 12.1 Å². The van der Waals surface area contributed by atoms with E-state index in [4.69, 9.17) is 21.8 Å². The third-order valence-corrected chi connectivity index (χ3v) is 2.31. The topological polar surface area (TPSA) is 86.6 Å². The van der Waals surface area contributed by atoms with Crippen LogP contribution in [0.15, 0.2) is 12.1 Å². The maximum atomic E-state index is 12.9. The lowest BCUT2D eigenvalue weighted by molar-refractivity contribution is -0.146. The van der Waals surface area contributed by atoms with Crippen LogP contribution in [0.25, 0.3) is 0 Å². The fourth-order valence-corrected chi connectivity index (χ4v) is 1.30. The minimum Gasteiger partial charge on any atom is -0.479 e. The summed E-state index contributed by atoms with van der Waals surface area (Å²) in [4.78, 5) is 21.7. The van der Waals surface area contributed by atoms with Gasteiger partial charge in [0.25, 0.3) is 5.91 Å². The second-order valence-corrected chi connectivity index (χ2v) is 3.72. The number of carbonyl (C=O) groups is 2. The van der Waals surface area contributed by atoms with E-state index < -0.39 is 36.2 Å². The molecule has 0 aliphatic heterocycles. The number of aliphatic carboxylic acids is 1. The van der Waals surface area contributed by atoms with Crippen molar-refractivity contribution in [1.82, 2.24) is 5.32 Å². The molecule has 0 aromatic heterocycles. The van der Waals surface area contributed by atoms with Crippen LogP contribution >= 0.6 is 11.6 Å². The summed E-state index contributed by atoms with van der Waals surface area (Å²) in [5.41, 5.74) is -0.354. The molecular formula is C10H8ClF2NO4. The van der Waals surface area contributed by atoms with Gasteiger partial charge in [0.1, 0.15) is 0 Å². The van der Waals surface area contributed by atoms with Crippen LogP contribution in [0, 0.1) is 11.6 Å². The van der Waals surface area contributed by atoms with Crippen molar-refractivity contribution in [1.29, 1.82) is 0 Å². The van der Waals surface area contributed by atoms with Gasteiger partial charge in [-0.2, -0.15) is 0 Å². The molecule has 0 saturated heterocycles. The van der Waals surface area contributed by atoms with Crippen LogP contribution < -0.4 is 5.32 Å². The van der Waals surface area contributed by atoms with E-state index in [0.717, 1.165) is 0 Å². The lowest BCUT2D eigenvalue weighted by Crippen LogP contribution is -2.36. The fraction of sp³-hybridized carbons (Fsp3) is 0.200. The fourth-order valence-electron chi connectivity index (χ4n) is 1.07. The summed E-state index contributed by atoms with van der Waals surface area (Å²) in [7, 11) is 0. The molecule has 0 radical (unpaired) electrons. The van der Waals surface area contributed by atoms with E-state index in [-0.39, 0.29) is 10.6 Å². The minimum atomic E-state index is -1.79. The maximum Gasteiger partial charge on any atom is 0.334 e. The van der Waals surface area contributed by atoms with Gasteiger partial charge in [-0.3, -0.25) is 4.79 Å². The SMILES string of the molecule is O=C(NC[C@H](O)C(=O)O)c1cc(F)c(F)cc1Cl. The molecule has 1 atom stereocenters. The second-order valence-electron chi connectivity index (χ2n) is 3.31. The van der Waals surface area contributed by atoms with Crippen LogP contribution in [-0.4, -0.2) is 34.7 Å². The van der Waals surface area contributed by atoms with Gasteiger partial charge in [0.2, 0.25) is 0 Å². The highest BCUT2D eigenvalue weighted by Crippen LogP contribution is 2.19. The number of aliphatic hydroxyl groups is 1. The molecule has 0 heterocycles. The zero-order chi connectivity index (χ0) is 13.9. The molecule has 0 aliphatic rings. The van der Waals surface area contributed by atoms with E-state index in [1.165, 1.54) is 0 Å². The summed E-state index contributed by atoms with van der Waals surface area (Å²) in [6, 6.07) is 1.21. The van der Waals surface area contributed by atoms with Crippen LogP contribution in [0.3, 0.4) is 0 Å². The van der Waals surface area contributed by atoms with E-state index in [1.807, 2.05) is 5.32 Å². The Morgan fingerprint density at radius 1 is 1.33 bits per heavy atom. The smallest absolute Gasteiger partial charge is 0.334 e. The molecule has 0 fully saturated rings. The predicted octanol–water partition coefficient (Wildman–Crippen LogP) is 0.794. The van der Waals surface area contributed by atoms with Gasteiger partial charge >= 0.3 is 5.97 Å². The average molecular weight is 280 g/mol. The van der Waals surface area contributed by atoms with Crippen molar-refractivity contribution in [2.24, 2.45) is 0 Å². The molecule has 1 amide bonds. The van der Waals surface area contributed by atoms with Crippen molar-refractivity contribution in [3.8, 4) is 0 Å². The summed E-state index contributed by atoms with van der Waals surface area (Å²) in [6.07, 6.45) is -1.79. The Morgan fingerprint density at radius 3 is 2.44 bits per heavy atom. The Bertz CT molecular complexity index is 495. The minimum absolute atomic E-state index is 0.323. The van der Waals surface area contributed by atoms with Gasteiger partial charge in [-0.05, 0) is 12.1 Å². The Kier molecular flexibility index (Phi) is 4.57. The number of carboxylic acids is 1. The molecule has 18 heavy (non-hydrogen) atoms. The van der Waals surface area contributed by atoms with Gasteiger partial charge < -0.3 is 15.5 Å². The summed E-state index contributed by atoms with van der Waals surface area (Å²) in [5.74, 6) is -4.91. The molecule has 1 rings (SSSR count). The van der Waals surface area contributed by atoms with Crippen LogP contribution in [0.1, 0.15) is 10.4 Å². The molecule has 0 bridgehead atoms. The quantitative estimate of drug-likeness (QED) is 0.711. The predicted molar refractivity (Wildman–Crippen MR) is 57.3 cm³/mol. The normalized spacial score (nSPS) is 12.0. The van der Waals surface area contributed by atoms with Crippen LogP contribution in [0.5, 0.6) is 0 Å². The zero-order valence-corrected chi connectivity index (χ0v) is 9.54. The van der Waals surface area contributed by atoms with Gasteiger partial charge in [-0.25, -0.2) is 13.6 Å². The maximum absolute atomic E-state index is 12.9. The molecule has 3 N–H and O–H groups in total. The van der Waals surface area contributed by atoms with Crippen molar-refractivity contribution in [2.75, 3.05) is 6.54 Å². The Morgan fingerprint density at radius 2 is 1.89 bits per heavy atom. The molecule has 1 aromatic rings. The summed E-state index contributed by atoms with van der Waals surface area (Å²) in [6.45, 7) is -0.580. The first-order chi connectivity index (χ1) is 8.32. The average Bonchev–Trinajstić information content (AvgIpc) is 2.30. The van der Waals surface area contributed by atoms with Crippen molar-refractivity contribution in [2.45, 2.75) is 6.10 Å². The molecule has 0 spiro atoms. The number of carbonyl (C=O) groups excluding carboxylic acids is 1. The molecule has 5 nitrogen and oxygen atoms in total. The third kappa shape index (κ3) is 3.38. The van der Waals surface area contributed by atoms with E-state index >= 15 is 0 Å². The molecule has 8 heteroatoms. The van der Waals surface area contributed by atoms with Gasteiger partial charge in [-0.15, -0.1) is 0 Å². The van der Waals surface area contributed by atoms with Crippen molar-refractivity contribution in [3.63, 3.8) is 0 Å². The number of amides is 1. The van der Waals surface area contributed by atoms with Gasteiger partial charge in [0.05, 0.1) is 17.1 Å². The first kappa shape index (κ1) is 14.3. The number of benzene rings is 1. The standard InChI is InChI=1S/C10H8ClF2NO4/c11-5-2-7(13)6(12)1-4(5)9(16)14-3-8(15)10(17)18/h1-2,8,15H,3H2,(H,14,16)(H,17,18)/t8-/m0/s1. The number of nitrogens with one attached hydrogen (secondary N) is 1. The van der Waals surface area contributed by atoms with Crippen LogP contribution in [-0.2, 0) is 4.79 Å². The van der Waals surface area contributed by atoms with E-state index in [2.05, 4.69) is 0 Å². The second kappa shape index (κ2) is 5.74. The number of hydrogen-bond acceptors (Lipinski definition) is 3. The molecule has 0 aliphatic carbocycles. The summed E-state index contributed by atoms with van der Waals surface area (Å²) < 4.78 is 25.6. The molecule has 0 unspecified atom stereocenters. The number of halogens is 3. The highest BCUT2D eigenvalue weighted by atomic mass is 35.5. The number of hydrogen-bond donors (Lipinski definition) is 3. The van der Waals surface area contributed by atoms with Gasteiger partial charge in [-0.1, -0.05) is 11.6 Å². The van der Waals surface area contributed by atoms with E-state index in [1.54, 1.807) is 0 Å². The molecular weight excluding hydrogens is 272 g/mol. The highest BCUT2D eigenvalue weighted by Gasteiger charge is 2.18. The lowest BCUT2D eigenvalue weighted by atomic mass is 10.2. The number of rotatable bonds is 4. The highest BCUT2D eigenvalue weighted by molar-refractivity contribution is 6.33. The Labute approximate surface area is 105 Å². The van der Waals surface area contributed by atoms with Crippen LogP contribution in [0.4, 0.5) is 8.78 Å². The van der Waals surface area contributed by atoms with Crippen molar-refractivity contribution in [3.05, 3.63) is 34.4 Å². The van der Waals surface area contributed by atoms with Crippen molar-refractivity contribution >= 4 is 23.5 Å². The third-order valence-electron chi connectivity index (χ3n) is 2.00. The first-order valence-electron chi connectivity index (χ1n) is 4.66. The number of carboxylic acid groups (broad SMARTS) is 1. The first-order valence-corrected chi connectivity index (χ1v) is 5.04. The molecule has 98 valence electrons. The Balaban J connectivity index is 2.79. The Hall–Kier alpha value is -1.73. The summed E-state index contributed by atoms with van der Waals surface area (Å²) >= 11 is 5.53. The lowest BCUT2D eigenvalue weighted by Gasteiger charge is -2.09. The molecule has 1 aromatic carbocycles. The van der Waals surface area contributed by atoms with Crippen molar-refractivity contribution < 1.29 is 28.6 Å². The van der Waals surface area contributed by atoms with Gasteiger partial charge in [0, 0.05) is 0 Å². The van der Waals surface area contributed by atoms with Gasteiger partial charge in [0.15, 0.2) is 17.7 Å². The molecule has 0 saturated carbocycles. The number of aliphatic hydroxyl groups excluding tert-OH is 1. The summed E-state index contributed by atoms with van der Waals surface area (Å²) in [5, 5.41) is 19.0.